The maximum Gasteiger partial charge on any atom is 0.321 e. The molecule has 0 radical (unpaired) electrons. The number of rotatable bonds is 8. The van der Waals surface area contributed by atoms with Crippen molar-refractivity contribution in [2.75, 3.05) is 25.5 Å². The van der Waals surface area contributed by atoms with E-state index in [1.165, 1.54) is 0 Å². The van der Waals surface area contributed by atoms with Crippen LogP contribution in [0.2, 0.25) is 0 Å². The number of hydrogen-bond donors (Lipinski definition) is 3. The summed E-state index contributed by atoms with van der Waals surface area (Å²) in [6.45, 7) is 0.755. The molecule has 3 N–H and O–H groups in total. The number of amides is 2. The van der Waals surface area contributed by atoms with Gasteiger partial charge in [-0.15, -0.1) is 0 Å². The standard InChI is InChI=1S/C15H22N2O4/c1-17(9-5-2-6-10-18)15(21)16-13-8-4-3-7-12(13)11-14(19)20/h3-4,7-8,18H,2,5-6,9-11H2,1H3,(H,16,21)(H,19,20). The quantitative estimate of drug-likeness (QED) is 0.639. The van der Waals surface area contributed by atoms with Crippen molar-refractivity contribution >= 4 is 17.7 Å². The van der Waals surface area contributed by atoms with Gasteiger partial charge >= 0.3 is 12.0 Å². The lowest BCUT2D eigenvalue weighted by molar-refractivity contribution is -0.136. The second kappa shape index (κ2) is 8.97. The molecule has 0 bridgehead atoms. The van der Waals surface area contributed by atoms with Crippen molar-refractivity contribution in [1.29, 1.82) is 0 Å². The van der Waals surface area contributed by atoms with E-state index in [1.54, 1.807) is 36.2 Å². The van der Waals surface area contributed by atoms with Crippen LogP contribution in [-0.4, -0.2) is 47.3 Å². The molecule has 1 aromatic rings. The SMILES string of the molecule is CN(CCCCCO)C(=O)Nc1ccccc1CC(=O)O. The van der Waals surface area contributed by atoms with Crippen LogP contribution < -0.4 is 5.32 Å². The molecule has 0 saturated carbocycles. The van der Waals surface area contributed by atoms with Gasteiger partial charge in [-0.2, -0.15) is 0 Å². The third-order valence-corrected chi connectivity index (χ3v) is 3.10. The summed E-state index contributed by atoms with van der Waals surface area (Å²) in [4.78, 5) is 24.4. The molecule has 1 aromatic carbocycles. The smallest absolute Gasteiger partial charge is 0.321 e. The van der Waals surface area contributed by atoms with Crippen LogP contribution in [0.1, 0.15) is 24.8 Å². The summed E-state index contributed by atoms with van der Waals surface area (Å²) in [5, 5.41) is 20.3. The minimum atomic E-state index is -0.936. The van der Waals surface area contributed by atoms with Gasteiger partial charge in [0.2, 0.25) is 0 Å². The number of nitrogens with one attached hydrogen (secondary N) is 1. The maximum absolute atomic E-state index is 12.0. The minimum Gasteiger partial charge on any atom is -0.481 e. The second-order valence-electron chi connectivity index (χ2n) is 4.86. The Morgan fingerprint density at radius 3 is 2.57 bits per heavy atom. The number of aliphatic carboxylic acids is 1. The van der Waals surface area contributed by atoms with E-state index in [0.29, 0.717) is 17.8 Å². The second-order valence-corrected chi connectivity index (χ2v) is 4.86. The number of urea groups is 1. The van der Waals surface area contributed by atoms with Crippen LogP contribution in [0.25, 0.3) is 0 Å². The van der Waals surface area contributed by atoms with Crippen LogP contribution in [0.5, 0.6) is 0 Å². The Balaban J connectivity index is 2.55. The van der Waals surface area contributed by atoms with Crippen molar-refractivity contribution in [1.82, 2.24) is 4.90 Å². The topological polar surface area (TPSA) is 89.9 Å². The molecule has 2 amide bonds. The average molecular weight is 294 g/mol. The Kier molecular flexibility index (Phi) is 7.25. The molecule has 0 saturated heterocycles. The molecular weight excluding hydrogens is 272 g/mol. The van der Waals surface area contributed by atoms with Crippen molar-refractivity contribution in [2.24, 2.45) is 0 Å². The molecule has 0 heterocycles. The number of carbonyl (C=O) groups is 2. The lowest BCUT2D eigenvalue weighted by Gasteiger charge is -2.19. The molecule has 0 aromatic heterocycles. The fraction of sp³-hybridized carbons (Fsp3) is 0.467. The van der Waals surface area contributed by atoms with Gasteiger partial charge in [-0.1, -0.05) is 18.2 Å². The number of anilines is 1. The van der Waals surface area contributed by atoms with Crippen molar-refractivity contribution < 1.29 is 19.8 Å². The Hall–Kier alpha value is -2.08. The lowest BCUT2D eigenvalue weighted by atomic mass is 10.1. The van der Waals surface area contributed by atoms with Gasteiger partial charge in [0.1, 0.15) is 0 Å². The van der Waals surface area contributed by atoms with Gasteiger partial charge in [0.25, 0.3) is 0 Å². The van der Waals surface area contributed by atoms with Gasteiger partial charge in [-0.3, -0.25) is 4.79 Å². The largest absolute Gasteiger partial charge is 0.481 e. The summed E-state index contributed by atoms with van der Waals surface area (Å²) < 4.78 is 0. The van der Waals surface area contributed by atoms with Gasteiger partial charge < -0.3 is 20.4 Å². The number of benzene rings is 1. The Bertz CT molecular complexity index is 476. The summed E-state index contributed by atoms with van der Waals surface area (Å²) in [7, 11) is 1.69. The van der Waals surface area contributed by atoms with E-state index in [4.69, 9.17) is 10.2 Å². The zero-order chi connectivity index (χ0) is 15.7. The van der Waals surface area contributed by atoms with Gasteiger partial charge in [0.05, 0.1) is 6.42 Å². The monoisotopic (exact) mass is 294 g/mol. The van der Waals surface area contributed by atoms with Crippen LogP contribution in [0, 0.1) is 0 Å². The van der Waals surface area contributed by atoms with Crippen molar-refractivity contribution in [3.05, 3.63) is 29.8 Å². The number of carbonyl (C=O) groups excluding carboxylic acids is 1. The minimum absolute atomic E-state index is 0.128. The third-order valence-electron chi connectivity index (χ3n) is 3.10. The van der Waals surface area contributed by atoms with E-state index in [1.807, 2.05) is 0 Å². The Morgan fingerprint density at radius 2 is 1.90 bits per heavy atom. The van der Waals surface area contributed by atoms with Crippen molar-refractivity contribution in [3.63, 3.8) is 0 Å². The molecule has 0 spiro atoms. The highest BCUT2D eigenvalue weighted by Gasteiger charge is 2.12. The number of para-hydroxylation sites is 1. The molecular formula is C15H22N2O4. The first-order chi connectivity index (χ1) is 10.0. The summed E-state index contributed by atoms with van der Waals surface area (Å²) in [5.41, 5.74) is 1.10. The highest BCUT2D eigenvalue weighted by Crippen LogP contribution is 2.16. The summed E-state index contributed by atoms with van der Waals surface area (Å²) in [6, 6.07) is 6.60. The fourth-order valence-electron chi connectivity index (χ4n) is 1.91. The molecule has 21 heavy (non-hydrogen) atoms. The van der Waals surface area contributed by atoms with E-state index < -0.39 is 5.97 Å². The van der Waals surface area contributed by atoms with E-state index in [9.17, 15) is 9.59 Å². The summed E-state index contributed by atoms with van der Waals surface area (Å²) in [6.07, 6.45) is 2.29. The van der Waals surface area contributed by atoms with Crippen molar-refractivity contribution in [2.45, 2.75) is 25.7 Å². The van der Waals surface area contributed by atoms with Crippen LogP contribution in [-0.2, 0) is 11.2 Å². The first-order valence-electron chi connectivity index (χ1n) is 6.97. The van der Waals surface area contributed by atoms with E-state index in [-0.39, 0.29) is 19.1 Å². The van der Waals surface area contributed by atoms with Crippen LogP contribution in [0.15, 0.2) is 24.3 Å². The molecule has 0 aliphatic rings. The van der Waals surface area contributed by atoms with Gasteiger partial charge in [-0.05, 0) is 30.9 Å². The number of carboxylic acids is 1. The molecule has 116 valence electrons. The fourth-order valence-corrected chi connectivity index (χ4v) is 1.91. The highest BCUT2D eigenvalue weighted by molar-refractivity contribution is 5.90. The van der Waals surface area contributed by atoms with E-state index >= 15 is 0 Å². The number of carboxylic acid groups (broad SMARTS) is 1. The average Bonchev–Trinajstić information content (AvgIpc) is 2.45. The molecule has 0 aliphatic carbocycles. The first kappa shape index (κ1) is 17.0. The Labute approximate surface area is 124 Å². The summed E-state index contributed by atoms with van der Waals surface area (Å²) in [5.74, 6) is -0.936. The normalized spacial score (nSPS) is 10.2. The molecule has 0 fully saturated rings. The first-order valence-corrected chi connectivity index (χ1v) is 6.97. The molecule has 0 aliphatic heterocycles. The van der Waals surface area contributed by atoms with Crippen LogP contribution in [0.4, 0.5) is 10.5 Å². The molecule has 1 rings (SSSR count). The molecule has 0 atom stereocenters. The van der Waals surface area contributed by atoms with Gasteiger partial charge in [-0.25, -0.2) is 4.79 Å². The summed E-state index contributed by atoms with van der Waals surface area (Å²) >= 11 is 0. The maximum atomic E-state index is 12.0. The zero-order valence-electron chi connectivity index (χ0n) is 12.2. The molecule has 6 nitrogen and oxygen atoms in total. The van der Waals surface area contributed by atoms with E-state index in [2.05, 4.69) is 5.32 Å². The van der Waals surface area contributed by atoms with Gasteiger partial charge in [0.15, 0.2) is 0 Å². The number of hydrogen-bond acceptors (Lipinski definition) is 3. The third kappa shape index (κ3) is 6.27. The van der Waals surface area contributed by atoms with Crippen molar-refractivity contribution in [3.8, 4) is 0 Å². The molecule has 6 heteroatoms. The van der Waals surface area contributed by atoms with Gasteiger partial charge in [0, 0.05) is 25.9 Å². The molecule has 0 unspecified atom stereocenters. The van der Waals surface area contributed by atoms with E-state index in [0.717, 1.165) is 19.3 Å². The predicted molar refractivity (Wildman–Crippen MR) is 80.4 cm³/mol. The number of unbranched alkanes of at least 4 members (excludes halogenated alkanes) is 2. The number of nitrogens with zero attached hydrogens (tertiary/aromatic N) is 1. The Morgan fingerprint density at radius 1 is 1.19 bits per heavy atom. The number of aliphatic hydroxyl groups excluding tert-OH is 1. The van der Waals surface area contributed by atoms with Crippen LogP contribution in [0.3, 0.4) is 0 Å². The predicted octanol–water partition coefficient (Wildman–Crippen LogP) is 1.94. The highest BCUT2D eigenvalue weighted by atomic mass is 16.4. The number of aliphatic hydroxyl groups is 1. The van der Waals surface area contributed by atoms with Crippen LogP contribution >= 0.6 is 0 Å². The zero-order valence-corrected chi connectivity index (χ0v) is 12.2. The lowest BCUT2D eigenvalue weighted by Crippen LogP contribution is -2.32.